The number of hydrogen-bond acceptors (Lipinski definition) is 2. The topological polar surface area (TPSA) is 34.4 Å². The first kappa shape index (κ1) is 7.31. The van der Waals surface area contributed by atoms with Crippen molar-refractivity contribution >= 4 is 22.5 Å². The minimum atomic E-state index is -0.480. The van der Waals surface area contributed by atoms with Crippen LogP contribution in [-0.4, -0.2) is 14.6 Å². The Labute approximate surface area is 73.6 Å². The van der Waals surface area contributed by atoms with Crippen LogP contribution in [0.1, 0.15) is 10.4 Å². The quantitative estimate of drug-likeness (QED) is 0.627. The second kappa shape index (κ2) is 2.60. The van der Waals surface area contributed by atoms with Gasteiger partial charge in [0.05, 0.1) is 5.56 Å². The van der Waals surface area contributed by atoms with Crippen molar-refractivity contribution in [3.05, 3.63) is 36.3 Å². The lowest BCUT2D eigenvalue weighted by molar-refractivity contribution is 0.108. The zero-order chi connectivity index (χ0) is 8.55. The average molecular weight is 181 g/mol. The standard InChI is InChI=1S/C8H5ClN2O/c9-7(12)6-2-1-4-11-5-3-10-8(6)11/h1-5H. The van der Waals surface area contributed by atoms with Crippen molar-refractivity contribution in [2.24, 2.45) is 0 Å². The fourth-order valence-electron chi connectivity index (χ4n) is 1.10. The highest BCUT2D eigenvalue weighted by atomic mass is 35.5. The van der Waals surface area contributed by atoms with Crippen molar-refractivity contribution in [3.8, 4) is 0 Å². The summed E-state index contributed by atoms with van der Waals surface area (Å²) in [6.45, 7) is 0. The third-order valence-corrected chi connectivity index (χ3v) is 1.83. The van der Waals surface area contributed by atoms with Gasteiger partial charge in [-0.2, -0.15) is 0 Å². The summed E-state index contributed by atoms with van der Waals surface area (Å²) >= 11 is 5.35. The molecule has 60 valence electrons. The van der Waals surface area contributed by atoms with Crippen molar-refractivity contribution in [1.29, 1.82) is 0 Å². The second-order valence-electron chi connectivity index (χ2n) is 2.35. The highest BCUT2D eigenvalue weighted by molar-refractivity contribution is 6.68. The minimum Gasteiger partial charge on any atom is -0.306 e. The maximum atomic E-state index is 10.9. The van der Waals surface area contributed by atoms with Gasteiger partial charge in [-0.05, 0) is 23.7 Å². The lowest BCUT2D eigenvalue weighted by Crippen LogP contribution is -1.94. The molecule has 0 aliphatic rings. The van der Waals surface area contributed by atoms with Crippen molar-refractivity contribution in [2.45, 2.75) is 0 Å². The van der Waals surface area contributed by atoms with Crippen LogP contribution in [-0.2, 0) is 0 Å². The summed E-state index contributed by atoms with van der Waals surface area (Å²) in [6, 6.07) is 3.40. The summed E-state index contributed by atoms with van der Waals surface area (Å²) in [5, 5.41) is -0.480. The Bertz CT molecular complexity index is 435. The van der Waals surface area contributed by atoms with Crippen LogP contribution in [0.4, 0.5) is 0 Å². The van der Waals surface area contributed by atoms with Gasteiger partial charge in [0.2, 0.25) is 0 Å². The van der Waals surface area contributed by atoms with Crippen LogP contribution >= 0.6 is 11.6 Å². The molecule has 12 heavy (non-hydrogen) atoms. The highest BCUT2D eigenvalue weighted by Crippen LogP contribution is 2.10. The van der Waals surface area contributed by atoms with E-state index in [9.17, 15) is 4.79 Å². The van der Waals surface area contributed by atoms with Gasteiger partial charge < -0.3 is 4.40 Å². The molecule has 0 aromatic carbocycles. The number of carbonyl (C=O) groups excluding carboxylic acids is 1. The van der Waals surface area contributed by atoms with Crippen LogP contribution in [0.25, 0.3) is 5.65 Å². The zero-order valence-electron chi connectivity index (χ0n) is 6.07. The van der Waals surface area contributed by atoms with E-state index in [1.807, 2.05) is 6.20 Å². The Hall–Kier alpha value is -1.35. The molecule has 0 fully saturated rings. The van der Waals surface area contributed by atoms with Gasteiger partial charge in [0, 0.05) is 18.6 Å². The maximum Gasteiger partial charge on any atom is 0.256 e. The van der Waals surface area contributed by atoms with E-state index < -0.39 is 5.24 Å². The molecule has 0 radical (unpaired) electrons. The van der Waals surface area contributed by atoms with E-state index in [-0.39, 0.29) is 0 Å². The highest BCUT2D eigenvalue weighted by Gasteiger charge is 2.07. The smallest absolute Gasteiger partial charge is 0.256 e. The summed E-state index contributed by atoms with van der Waals surface area (Å²) in [5.74, 6) is 0. The number of pyridine rings is 1. The molecule has 2 aromatic rings. The molecule has 0 amide bonds. The summed E-state index contributed by atoms with van der Waals surface area (Å²) in [6.07, 6.45) is 5.20. The molecule has 0 unspecified atom stereocenters. The zero-order valence-corrected chi connectivity index (χ0v) is 6.82. The van der Waals surface area contributed by atoms with Crippen LogP contribution in [0.2, 0.25) is 0 Å². The van der Waals surface area contributed by atoms with E-state index in [4.69, 9.17) is 11.6 Å². The normalized spacial score (nSPS) is 10.4. The first-order valence-corrected chi connectivity index (χ1v) is 3.78. The molecule has 0 spiro atoms. The molecule has 0 saturated carbocycles. The van der Waals surface area contributed by atoms with Gasteiger partial charge in [0.25, 0.3) is 5.24 Å². The average Bonchev–Trinajstić information content (AvgIpc) is 2.49. The van der Waals surface area contributed by atoms with Crippen molar-refractivity contribution in [2.75, 3.05) is 0 Å². The summed E-state index contributed by atoms with van der Waals surface area (Å²) < 4.78 is 1.75. The fraction of sp³-hybridized carbons (Fsp3) is 0. The van der Waals surface area contributed by atoms with E-state index in [0.717, 1.165) is 0 Å². The molecule has 2 heterocycles. The van der Waals surface area contributed by atoms with E-state index in [1.54, 1.807) is 28.9 Å². The maximum absolute atomic E-state index is 10.9. The van der Waals surface area contributed by atoms with Crippen LogP contribution in [0.3, 0.4) is 0 Å². The van der Waals surface area contributed by atoms with Gasteiger partial charge in [-0.15, -0.1) is 0 Å². The Morgan fingerprint density at radius 2 is 2.33 bits per heavy atom. The van der Waals surface area contributed by atoms with Crippen LogP contribution in [0.5, 0.6) is 0 Å². The number of hydrogen-bond donors (Lipinski definition) is 0. The lowest BCUT2D eigenvalue weighted by atomic mass is 10.3. The Morgan fingerprint density at radius 3 is 3.08 bits per heavy atom. The molecular formula is C8H5ClN2O. The molecule has 0 aliphatic carbocycles. The first-order valence-electron chi connectivity index (χ1n) is 3.40. The van der Waals surface area contributed by atoms with Gasteiger partial charge in [-0.3, -0.25) is 4.79 Å². The summed E-state index contributed by atoms with van der Waals surface area (Å²) in [5.41, 5.74) is 1.03. The predicted molar refractivity (Wildman–Crippen MR) is 45.4 cm³/mol. The predicted octanol–water partition coefficient (Wildman–Crippen LogP) is 1.71. The number of nitrogens with zero attached hydrogens (tertiary/aromatic N) is 2. The number of carbonyl (C=O) groups is 1. The molecule has 2 aromatic heterocycles. The third kappa shape index (κ3) is 0.987. The van der Waals surface area contributed by atoms with Crippen molar-refractivity contribution < 1.29 is 4.79 Å². The van der Waals surface area contributed by atoms with E-state index in [0.29, 0.717) is 11.2 Å². The number of imidazole rings is 1. The minimum absolute atomic E-state index is 0.434. The SMILES string of the molecule is O=C(Cl)c1cccn2ccnc12. The third-order valence-electron chi connectivity index (χ3n) is 1.63. The molecule has 0 bridgehead atoms. The first-order chi connectivity index (χ1) is 5.79. The Kier molecular flexibility index (Phi) is 1.59. The Balaban J connectivity index is 2.82. The van der Waals surface area contributed by atoms with Crippen LogP contribution in [0, 0.1) is 0 Å². The second-order valence-corrected chi connectivity index (χ2v) is 2.70. The molecule has 0 N–H and O–H groups in total. The Morgan fingerprint density at radius 1 is 1.50 bits per heavy atom. The molecule has 4 heteroatoms. The molecular weight excluding hydrogens is 176 g/mol. The number of halogens is 1. The summed E-state index contributed by atoms with van der Waals surface area (Å²) in [4.78, 5) is 14.9. The molecule has 3 nitrogen and oxygen atoms in total. The van der Waals surface area contributed by atoms with Gasteiger partial charge in [-0.1, -0.05) is 0 Å². The van der Waals surface area contributed by atoms with Gasteiger partial charge in [0.1, 0.15) is 5.65 Å². The van der Waals surface area contributed by atoms with Crippen molar-refractivity contribution in [1.82, 2.24) is 9.38 Å². The van der Waals surface area contributed by atoms with Gasteiger partial charge in [0.15, 0.2) is 0 Å². The number of rotatable bonds is 1. The fourth-order valence-corrected chi connectivity index (χ4v) is 1.25. The van der Waals surface area contributed by atoms with E-state index in [2.05, 4.69) is 4.98 Å². The largest absolute Gasteiger partial charge is 0.306 e. The van der Waals surface area contributed by atoms with Crippen LogP contribution < -0.4 is 0 Å². The molecule has 0 aliphatic heterocycles. The molecule has 0 saturated heterocycles. The van der Waals surface area contributed by atoms with E-state index >= 15 is 0 Å². The number of fused-ring (bicyclic) bond motifs is 1. The van der Waals surface area contributed by atoms with Crippen LogP contribution in [0.15, 0.2) is 30.7 Å². The molecule has 0 atom stereocenters. The number of aromatic nitrogens is 2. The monoisotopic (exact) mass is 180 g/mol. The van der Waals surface area contributed by atoms with Gasteiger partial charge in [-0.25, -0.2) is 4.98 Å². The lowest BCUT2D eigenvalue weighted by Gasteiger charge is -1.95. The van der Waals surface area contributed by atoms with E-state index in [1.165, 1.54) is 0 Å². The molecule has 2 rings (SSSR count). The summed E-state index contributed by atoms with van der Waals surface area (Å²) in [7, 11) is 0. The van der Waals surface area contributed by atoms with Gasteiger partial charge >= 0.3 is 0 Å². The van der Waals surface area contributed by atoms with Crippen molar-refractivity contribution in [3.63, 3.8) is 0 Å².